The highest BCUT2D eigenvalue weighted by molar-refractivity contribution is 5.87. The van der Waals surface area contributed by atoms with E-state index in [-0.39, 0.29) is 11.6 Å². The molecule has 20 heavy (non-hydrogen) atoms. The summed E-state index contributed by atoms with van der Waals surface area (Å²) in [5.41, 5.74) is 0.337. The lowest BCUT2D eigenvalue weighted by molar-refractivity contribution is -0.163. The molecule has 114 valence electrons. The van der Waals surface area contributed by atoms with Crippen LogP contribution in [0.2, 0.25) is 0 Å². The maximum absolute atomic E-state index is 12.1. The molecule has 0 aromatic rings. The number of ether oxygens (including phenoxy) is 1. The van der Waals surface area contributed by atoms with Gasteiger partial charge in [-0.3, -0.25) is 0 Å². The molecule has 0 aromatic heterocycles. The molecule has 2 aliphatic rings. The summed E-state index contributed by atoms with van der Waals surface area (Å²) in [4.78, 5) is 12.1. The third kappa shape index (κ3) is 3.10. The average Bonchev–Trinajstić information content (AvgIpc) is 2.77. The van der Waals surface area contributed by atoms with E-state index in [0.29, 0.717) is 23.3 Å². The molecule has 0 radical (unpaired) electrons. The molecule has 3 unspecified atom stereocenters. The van der Waals surface area contributed by atoms with E-state index in [1.54, 1.807) is 6.92 Å². The van der Waals surface area contributed by atoms with Crippen LogP contribution in [-0.2, 0) is 9.53 Å². The van der Waals surface area contributed by atoms with Crippen molar-refractivity contribution in [1.82, 2.24) is 0 Å². The Morgan fingerprint density at radius 1 is 1.25 bits per heavy atom. The summed E-state index contributed by atoms with van der Waals surface area (Å²) in [6.07, 6.45) is 9.70. The topological polar surface area (TPSA) is 26.3 Å². The van der Waals surface area contributed by atoms with Crippen molar-refractivity contribution < 1.29 is 9.53 Å². The van der Waals surface area contributed by atoms with Gasteiger partial charge >= 0.3 is 5.97 Å². The SMILES string of the molecule is C=C(C)C(=O)OC1(C2CCCCC2)CC(C)C(CC)C1. The Hall–Kier alpha value is -0.790. The summed E-state index contributed by atoms with van der Waals surface area (Å²) < 4.78 is 6.06. The van der Waals surface area contributed by atoms with Crippen LogP contribution in [0.3, 0.4) is 0 Å². The number of rotatable bonds is 4. The van der Waals surface area contributed by atoms with E-state index >= 15 is 0 Å². The second-order valence-corrected chi connectivity index (χ2v) is 7.12. The van der Waals surface area contributed by atoms with Gasteiger partial charge in [-0.15, -0.1) is 0 Å². The van der Waals surface area contributed by atoms with E-state index in [1.165, 1.54) is 38.5 Å². The van der Waals surface area contributed by atoms with Crippen LogP contribution in [0, 0.1) is 17.8 Å². The fourth-order valence-corrected chi connectivity index (χ4v) is 4.39. The smallest absolute Gasteiger partial charge is 0.333 e. The monoisotopic (exact) mass is 278 g/mol. The summed E-state index contributed by atoms with van der Waals surface area (Å²) in [7, 11) is 0. The Morgan fingerprint density at radius 2 is 1.90 bits per heavy atom. The van der Waals surface area contributed by atoms with Crippen LogP contribution < -0.4 is 0 Å². The van der Waals surface area contributed by atoms with Crippen LogP contribution in [0.5, 0.6) is 0 Å². The predicted octanol–water partition coefficient (Wildman–Crippen LogP) is 4.88. The summed E-state index contributed by atoms with van der Waals surface area (Å²) >= 11 is 0. The first kappa shape index (κ1) is 15.6. The van der Waals surface area contributed by atoms with E-state index in [4.69, 9.17) is 4.74 Å². The third-order valence-electron chi connectivity index (χ3n) is 5.60. The summed E-state index contributed by atoms with van der Waals surface area (Å²) in [6.45, 7) is 10.1. The molecule has 2 aliphatic carbocycles. The molecule has 0 bridgehead atoms. The summed E-state index contributed by atoms with van der Waals surface area (Å²) in [5.74, 6) is 1.76. The van der Waals surface area contributed by atoms with Crippen LogP contribution >= 0.6 is 0 Å². The van der Waals surface area contributed by atoms with Gasteiger partial charge in [0.05, 0.1) is 0 Å². The van der Waals surface area contributed by atoms with Crippen LogP contribution in [0.25, 0.3) is 0 Å². The second-order valence-electron chi connectivity index (χ2n) is 7.12. The quantitative estimate of drug-likeness (QED) is 0.541. The van der Waals surface area contributed by atoms with E-state index in [0.717, 1.165) is 12.8 Å². The van der Waals surface area contributed by atoms with Crippen molar-refractivity contribution in [2.24, 2.45) is 17.8 Å². The zero-order valence-electron chi connectivity index (χ0n) is 13.4. The lowest BCUT2D eigenvalue weighted by Gasteiger charge is -2.40. The zero-order valence-corrected chi connectivity index (χ0v) is 13.4. The molecule has 2 heteroatoms. The summed E-state index contributed by atoms with van der Waals surface area (Å²) in [6, 6.07) is 0. The minimum Gasteiger partial charge on any atom is -0.455 e. The molecule has 0 aromatic carbocycles. The molecule has 3 atom stereocenters. The molecule has 0 aliphatic heterocycles. The standard InChI is InChI=1S/C18H30O2/c1-5-15-12-18(11-14(15)4,20-17(19)13(2)3)16-9-7-6-8-10-16/h14-16H,2,5-12H2,1,3-4H3. The first-order valence-electron chi connectivity index (χ1n) is 8.37. The molecule has 2 fully saturated rings. The predicted molar refractivity (Wildman–Crippen MR) is 82.4 cm³/mol. The minimum absolute atomic E-state index is 0.181. The Morgan fingerprint density at radius 3 is 2.40 bits per heavy atom. The van der Waals surface area contributed by atoms with Gasteiger partial charge in [-0.25, -0.2) is 4.79 Å². The first-order chi connectivity index (χ1) is 9.48. The van der Waals surface area contributed by atoms with Gasteiger partial charge in [-0.05, 0) is 50.4 Å². The Bertz CT molecular complexity index is 368. The lowest BCUT2D eigenvalue weighted by Crippen LogP contribution is -2.42. The van der Waals surface area contributed by atoms with Crippen LogP contribution in [0.15, 0.2) is 12.2 Å². The maximum Gasteiger partial charge on any atom is 0.333 e. The molecule has 2 nitrogen and oxygen atoms in total. The molecule has 0 heterocycles. The van der Waals surface area contributed by atoms with Crippen molar-refractivity contribution in [2.75, 3.05) is 0 Å². The van der Waals surface area contributed by atoms with Gasteiger partial charge in [0, 0.05) is 5.57 Å². The number of carbonyl (C=O) groups is 1. The van der Waals surface area contributed by atoms with Crippen molar-refractivity contribution in [3.05, 3.63) is 12.2 Å². The van der Waals surface area contributed by atoms with Crippen LogP contribution in [-0.4, -0.2) is 11.6 Å². The molecule has 2 saturated carbocycles. The van der Waals surface area contributed by atoms with Gasteiger partial charge in [-0.1, -0.05) is 46.1 Å². The molecule has 0 spiro atoms. The minimum atomic E-state index is -0.198. The van der Waals surface area contributed by atoms with Crippen molar-refractivity contribution >= 4 is 5.97 Å². The van der Waals surface area contributed by atoms with Gasteiger partial charge in [0.2, 0.25) is 0 Å². The number of hydrogen-bond acceptors (Lipinski definition) is 2. The highest BCUT2D eigenvalue weighted by Crippen LogP contribution is 2.51. The van der Waals surface area contributed by atoms with Gasteiger partial charge < -0.3 is 4.74 Å². The Labute approximate surface area is 124 Å². The van der Waals surface area contributed by atoms with Crippen molar-refractivity contribution in [3.8, 4) is 0 Å². The average molecular weight is 278 g/mol. The lowest BCUT2D eigenvalue weighted by atomic mass is 9.75. The van der Waals surface area contributed by atoms with Gasteiger partial charge in [-0.2, -0.15) is 0 Å². The summed E-state index contributed by atoms with van der Waals surface area (Å²) in [5, 5.41) is 0. The van der Waals surface area contributed by atoms with Crippen molar-refractivity contribution in [1.29, 1.82) is 0 Å². The molecule has 0 N–H and O–H groups in total. The third-order valence-corrected chi connectivity index (χ3v) is 5.60. The zero-order chi connectivity index (χ0) is 14.8. The molecule has 0 amide bonds. The van der Waals surface area contributed by atoms with Crippen LogP contribution in [0.1, 0.15) is 72.1 Å². The number of esters is 1. The normalized spacial score (nSPS) is 35.0. The van der Waals surface area contributed by atoms with E-state index < -0.39 is 0 Å². The molecule has 2 rings (SSSR count). The Kier molecular flexibility index (Phi) is 4.93. The first-order valence-corrected chi connectivity index (χ1v) is 8.37. The molecular formula is C18H30O2. The fraction of sp³-hybridized carbons (Fsp3) is 0.833. The van der Waals surface area contributed by atoms with Crippen molar-refractivity contribution in [2.45, 2.75) is 77.7 Å². The van der Waals surface area contributed by atoms with E-state index in [1.807, 2.05) is 0 Å². The molecule has 0 saturated heterocycles. The highest BCUT2D eigenvalue weighted by atomic mass is 16.6. The van der Waals surface area contributed by atoms with E-state index in [2.05, 4.69) is 20.4 Å². The van der Waals surface area contributed by atoms with Gasteiger partial charge in [0.1, 0.15) is 5.60 Å². The van der Waals surface area contributed by atoms with Gasteiger partial charge in [0.15, 0.2) is 0 Å². The fourth-order valence-electron chi connectivity index (χ4n) is 4.39. The highest BCUT2D eigenvalue weighted by Gasteiger charge is 2.50. The Balaban J connectivity index is 2.19. The van der Waals surface area contributed by atoms with Crippen molar-refractivity contribution in [3.63, 3.8) is 0 Å². The largest absolute Gasteiger partial charge is 0.455 e. The number of carbonyl (C=O) groups excluding carboxylic acids is 1. The maximum atomic E-state index is 12.1. The second kappa shape index (κ2) is 6.32. The van der Waals surface area contributed by atoms with Crippen LogP contribution in [0.4, 0.5) is 0 Å². The molecular weight excluding hydrogens is 248 g/mol. The number of hydrogen-bond donors (Lipinski definition) is 0. The van der Waals surface area contributed by atoms with Gasteiger partial charge in [0.25, 0.3) is 0 Å². The van der Waals surface area contributed by atoms with E-state index in [9.17, 15) is 4.79 Å².